The highest BCUT2D eigenvalue weighted by molar-refractivity contribution is 7.09. The second-order valence-electron chi connectivity index (χ2n) is 7.99. The minimum atomic E-state index is 0.295. The molecular formula is C23H31N3O3S. The van der Waals surface area contributed by atoms with E-state index in [4.69, 9.17) is 9.47 Å². The first-order valence-electron chi connectivity index (χ1n) is 10.8. The van der Waals surface area contributed by atoms with Crippen molar-refractivity contribution < 1.29 is 14.3 Å². The molecule has 1 amide bonds. The first kappa shape index (κ1) is 21.2. The molecular weight excluding hydrogens is 398 g/mol. The van der Waals surface area contributed by atoms with Gasteiger partial charge >= 0.3 is 0 Å². The number of carbonyl (C=O) groups is 1. The van der Waals surface area contributed by atoms with E-state index in [9.17, 15) is 4.79 Å². The zero-order valence-electron chi connectivity index (χ0n) is 17.7. The van der Waals surface area contributed by atoms with Gasteiger partial charge < -0.3 is 14.4 Å². The van der Waals surface area contributed by atoms with E-state index < -0.39 is 0 Å². The Balaban J connectivity index is 1.25. The molecule has 162 valence electrons. The average Bonchev–Trinajstić information content (AvgIpc) is 3.48. The molecule has 0 spiro atoms. The van der Waals surface area contributed by atoms with Gasteiger partial charge in [0.25, 0.3) is 0 Å². The Bertz CT molecular complexity index is 813. The highest BCUT2D eigenvalue weighted by Crippen LogP contribution is 2.30. The van der Waals surface area contributed by atoms with Gasteiger partial charge in [0.1, 0.15) is 6.61 Å². The lowest BCUT2D eigenvalue weighted by atomic mass is 10.1. The van der Waals surface area contributed by atoms with Gasteiger partial charge in [0.15, 0.2) is 11.5 Å². The molecule has 2 aliphatic heterocycles. The molecule has 2 saturated heterocycles. The van der Waals surface area contributed by atoms with E-state index in [-0.39, 0.29) is 0 Å². The van der Waals surface area contributed by atoms with Crippen molar-refractivity contribution in [2.24, 2.45) is 0 Å². The zero-order chi connectivity index (χ0) is 20.8. The third kappa shape index (κ3) is 5.53. The number of likely N-dealkylation sites (tertiary alicyclic amines) is 1. The van der Waals surface area contributed by atoms with Gasteiger partial charge in [0, 0.05) is 50.7 Å². The quantitative estimate of drug-likeness (QED) is 0.645. The Hall–Kier alpha value is -2.09. The van der Waals surface area contributed by atoms with E-state index >= 15 is 0 Å². The number of piperazine rings is 1. The van der Waals surface area contributed by atoms with E-state index in [1.165, 1.54) is 10.4 Å². The highest BCUT2D eigenvalue weighted by atomic mass is 32.1. The number of ether oxygens (including phenoxy) is 2. The molecule has 0 aliphatic carbocycles. The molecule has 3 heterocycles. The van der Waals surface area contributed by atoms with Gasteiger partial charge in [0.05, 0.1) is 13.7 Å². The van der Waals surface area contributed by atoms with E-state index in [1.54, 1.807) is 18.4 Å². The Morgan fingerprint density at radius 3 is 2.47 bits per heavy atom. The largest absolute Gasteiger partial charge is 0.493 e. The maximum atomic E-state index is 12.4. The van der Waals surface area contributed by atoms with Crippen LogP contribution in [-0.4, -0.2) is 73.5 Å². The normalized spacial score (nSPS) is 18.0. The number of methoxy groups -OCH3 is 1. The van der Waals surface area contributed by atoms with Crippen molar-refractivity contribution in [3.05, 3.63) is 46.2 Å². The fourth-order valence-corrected chi connectivity index (χ4v) is 4.71. The maximum Gasteiger partial charge on any atom is 0.236 e. The lowest BCUT2D eigenvalue weighted by Gasteiger charge is -2.35. The van der Waals surface area contributed by atoms with Crippen molar-refractivity contribution >= 4 is 17.2 Å². The van der Waals surface area contributed by atoms with E-state index in [0.717, 1.165) is 70.2 Å². The van der Waals surface area contributed by atoms with E-state index in [2.05, 4.69) is 33.4 Å². The van der Waals surface area contributed by atoms with Crippen LogP contribution in [-0.2, 0) is 17.9 Å². The summed E-state index contributed by atoms with van der Waals surface area (Å²) in [5.41, 5.74) is 1.22. The summed E-state index contributed by atoms with van der Waals surface area (Å²) in [7, 11) is 1.69. The Morgan fingerprint density at radius 2 is 1.77 bits per heavy atom. The maximum absolute atomic E-state index is 12.4. The molecule has 6 nitrogen and oxygen atoms in total. The Labute approximate surface area is 183 Å². The van der Waals surface area contributed by atoms with Crippen LogP contribution in [0.5, 0.6) is 11.5 Å². The van der Waals surface area contributed by atoms with Crippen LogP contribution in [0.2, 0.25) is 0 Å². The van der Waals surface area contributed by atoms with Crippen molar-refractivity contribution in [3.8, 4) is 11.5 Å². The standard InChI is InChI=1S/C23H31N3O3S/c1-28-22-15-19(6-7-21(22)29-18-20-5-4-14-30-20)16-24-10-12-25(13-11-24)17-23(27)26-8-2-3-9-26/h4-7,14-15H,2-3,8-13,16-18H2,1H3. The zero-order valence-corrected chi connectivity index (χ0v) is 18.5. The lowest BCUT2D eigenvalue weighted by Crippen LogP contribution is -2.49. The molecule has 0 radical (unpaired) electrons. The molecule has 2 aromatic rings. The van der Waals surface area contributed by atoms with Crippen LogP contribution in [0.4, 0.5) is 0 Å². The minimum absolute atomic E-state index is 0.295. The van der Waals surface area contributed by atoms with Crippen LogP contribution in [0.3, 0.4) is 0 Å². The summed E-state index contributed by atoms with van der Waals surface area (Å²) in [6, 6.07) is 10.3. The first-order valence-corrected chi connectivity index (χ1v) is 11.6. The van der Waals surface area contributed by atoms with Crippen molar-refractivity contribution in [2.45, 2.75) is 26.0 Å². The van der Waals surface area contributed by atoms with Crippen LogP contribution >= 0.6 is 11.3 Å². The van der Waals surface area contributed by atoms with Gasteiger partial charge in [-0.1, -0.05) is 12.1 Å². The number of carbonyl (C=O) groups excluding carboxylic acids is 1. The monoisotopic (exact) mass is 429 g/mol. The van der Waals surface area contributed by atoms with Crippen molar-refractivity contribution in [3.63, 3.8) is 0 Å². The van der Waals surface area contributed by atoms with E-state index in [0.29, 0.717) is 19.1 Å². The number of hydrogen-bond donors (Lipinski definition) is 0. The van der Waals surface area contributed by atoms with Gasteiger partial charge in [0.2, 0.25) is 5.91 Å². The van der Waals surface area contributed by atoms with Crippen LogP contribution in [0, 0.1) is 0 Å². The summed E-state index contributed by atoms with van der Waals surface area (Å²) >= 11 is 1.69. The summed E-state index contributed by atoms with van der Waals surface area (Å²) in [4.78, 5) is 20.3. The van der Waals surface area contributed by atoms with E-state index in [1.807, 2.05) is 17.0 Å². The van der Waals surface area contributed by atoms with Gasteiger partial charge in [-0.15, -0.1) is 11.3 Å². The van der Waals surface area contributed by atoms with Crippen LogP contribution in [0.25, 0.3) is 0 Å². The minimum Gasteiger partial charge on any atom is -0.493 e. The van der Waals surface area contributed by atoms with Gasteiger partial charge in [-0.05, 0) is 42.0 Å². The predicted molar refractivity (Wildman–Crippen MR) is 119 cm³/mol. The fourth-order valence-electron chi connectivity index (χ4n) is 4.09. The second kappa shape index (κ2) is 10.3. The molecule has 1 aromatic heterocycles. The molecule has 2 aliphatic rings. The topological polar surface area (TPSA) is 45.2 Å². The first-order chi connectivity index (χ1) is 14.7. The van der Waals surface area contributed by atoms with Crippen molar-refractivity contribution in [1.29, 1.82) is 0 Å². The molecule has 1 aromatic carbocycles. The average molecular weight is 430 g/mol. The highest BCUT2D eigenvalue weighted by Gasteiger charge is 2.23. The second-order valence-corrected chi connectivity index (χ2v) is 9.03. The van der Waals surface area contributed by atoms with Crippen LogP contribution in [0.1, 0.15) is 23.3 Å². The van der Waals surface area contributed by atoms with Gasteiger partial charge in [-0.3, -0.25) is 14.6 Å². The molecule has 0 N–H and O–H groups in total. The lowest BCUT2D eigenvalue weighted by molar-refractivity contribution is -0.131. The number of rotatable bonds is 8. The number of hydrogen-bond acceptors (Lipinski definition) is 6. The molecule has 7 heteroatoms. The molecule has 0 unspecified atom stereocenters. The SMILES string of the molecule is COc1cc(CN2CCN(CC(=O)N3CCCC3)CC2)ccc1OCc1cccs1. The molecule has 0 atom stereocenters. The number of amides is 1. The third-order valence-corrected chi connectivity index (χ3v) is 6.72. The number of thiophene rings is 1. The number of nitrogens with zero attached hydrogens (tertiary/aromatic N) is 3. The van der Waals surface area contributed by atoms with Crippen LogP contribution < -0.4 is 9.47 Å². The summed E-state index contributed by atoms with van der Waals surface area (Å²) in [6.07, 6.45) is 2.31. The molecule has 2 fully saturated rings. The van der Waals surface area contributed by atoms with Gasteiger partial charge in [-0.2, -0.15) is 0 Å². The molecule has 0 saturated carbocycles. The smallest absolute Gasteiger partial charge is 0.236 e. The Morgan fingerprint density at radius 1 is 1.00 bits per heavy atom. The molecule has 0 bridgehead atoms. The summed E-state index contributed by atoms with van der Waals surface area (Å²) in [5, 5.41) is 2.06. The van der Waals surface area contributed by atoms with Crippen LogP contribution in [0.15, 0.2) is 35.7 Å². The predicted octanol–water partition coefficient (Wildman–Crippen LogP) is 3.08. The third-order valence-electron chi connectivity index (χ3n) is 5.87. The summed E-state index contributed by atoms with van der Waals surface area (Å²) in [5.74, 6) is 1.85. The molecule has 4 rings (SSSR count). The summed E-state index contributed by atoms with van der Waals surface area (Å²) < 4.78 is 11.5. The molecule has 30 heavy (non-hydrogen) atoms. The Kier molecular flexibility index (Phi) is 7.25. The summed E-state index contributed by atoms with van der Waals surface area (Å²) in [6.45, 7) is 7.73. The fraction of sp³-hybridized carbons (Fsp3) is 0.522. The van der Waals surface area contributed by atoms with Gasteiger partial charge in [-0.25, -0.2) is 0 Å². The van der Waals surface area contributed by atoms with Crippen molar-refractivity contribution in [2.75, 3.05) is 52.9 Å². The van der Waals surface area contributed by atoms with Crippen molar-refractivity contribution in [1.82, 2.24) is 14.7 Å². The number of benzene rings is 1.